The van der Waals surface area contributed by atoms with E-state index in [1.54, 1.807) is 7.11 Å². The van der Waals surface area contributed by atoms with Crippen molar-refractivity contribution in [3.05, 3.63) is 23.8 Å². The van der Waals surface area contributed by atoms with Gasteiger partial charge in [-0.1, -0.05) is 6.42 Å². The van der Waals surface area contributed by atoms with E-state index in [-0.39, 0.29) is 5.60 Å². The van der Waals surface area contributed by atoms with Crippen LogP contribution in [0.5, 0.6) is 11.5 Å². The van der Waals surface area contributed by atoms with Crippen molar-refractivity contribution in [2.24, 2.45) is 0 Å². The van der Waals surface area contributed by atoms with Gasteiger partial charge in [0.1, 0.15) is 17.1 Å². The molecule has 0 saturated heterocycles. The average Bonchev–Trinajstić information content (AvgIpc) is 2.38. The van der Waals surface area contributed by atoms with Crippen LogP contribution in [0.3, 0.4) is 0 Å². The molecular formula is C15H20O3. The van der Waals surface area contributed by atoms with E-state index in [0.717, 1.165) is 36.3 Å². The first-order valence-electron chi connectivity index (χ1n) is 6.77. The van der Waals surface area contributed by atoms with E-state index >= 15 is 0 Å². The molecule has 3 nitrogen and oxygen atoms in total. The number of fused-ring (bicyclic) bond motifs is 1. The number of hydrogen-bond acceptors (Lipinski definition) is 3. The van der Waals surface area contributed by atoms with Crippen LogP contribution < -0.4 is 9.47 Å². The molecule has 1 unspecified atom stereocenters. The molecule has 1 aromatic carbocycles. The molecular weight excluding hydrogens is 228 g/mol. The zero-order chi connectivity index (χ0) is 12.6. The number of rotatable bonds is 1. The van der Waals surface area contributed by atoms with Gasteiger partial charge in [-0.05, 0) is 37.8 Å². The standard InChI is InChI=1S/C15H20O3/c1-17-11-5-6-12-13(16)10-15(18-14(12)9-11)7-3-2-4-8-15/h5-6,9,13,16H,2-4,7-8,10H2,1H3. The number of aliphatic hydroxyl groups excluding tert-OH is 1. The van der Waals surface area contributed by atoms with Crippen LogP contribution >= 0.6 is 0 Å². The molecule has 0 aromatic heterocycles. The Morgan fingerprint density at radius 1 is 1.28 bits per heavy atom. The van der Waals surface area contributed by atoms with Crippen molar-refractivity contribution in [1.82, 2.24) is 0 Å². The number of benzene rings is 1. The average molecular weight is 248 g/mol. The highest BCUT2D eigenvalue weighted by atomic mass is 16.5. The minimum absolute atomic E-state index is 0.142. The van der Waals surface area contributed by atoms with Gasteiger partial charge in [0.05, 0.1) is 13.2 Å². The molecule has 1 aliphatic carbocycles. The highest BCUT2D eigenvalue weighted by Crippen LogP contribution is 2.46. The van der Waals surface area contributed by atoms with Crippen LogP contribution in [0.4, 0.5) is 0 Å². The van der Waals surface area contributed by atoms with Gasteiger partial charge in [0.15, 0.2) is 0 Å². The first-order valence-corrected chi connectivity index (χ1v) is 6.77. The molecule has 1 aromatic rings. The lowest BCUT2D eigenvalue weighted by Gasteiger charge is -2.43. The van der Waals surface area contributed by atoms with Gasteiger partial charge in [0.2, 0.25) is 0 Å². The van der Waals surface area contributed by atoms with Crippen LogP contribution in [0.15, 0.2) is 18.2 Å². The van der Waals surface area contributed by atoms with Crippen LogP contribution in [0.25, 0.3) is 0 Å². The summed E-state index contributed by atoms with van der Waals surface area (Å²) in [5.74, 6) is 1.59. The number of hydrogen-bond donors (Lipinski definition) is 1. The van der Waals surface area contributed by atoms with Crippen molar-refractivity contribution >= 4 is 0 Å². The van der Waals surface area contributed by atoms with Crippen LogP contribution in [-0.2, 0) is 0 Å². The molecule has 18 heavy (non-hydrogen) atoms. The van der Waals surface area contributed by atoms with Crippen molar-refractivity contribution in [3.8, 4) is 11.5 Å². The van der Waals surface area contributed by atoms with Crippen molar-refractivity contribution < 1.29 is 14.6 Å². The summed E-state index contributed by atoms with van der Waals surface area (Å²) in [6, 6.07) is 5.69. The molecule has 2 aliphatic rings. The van der Waals surface area contributed by atoms with Crippen molar-refractivity contribution in [3.63, 3.8) is 0 Å². The quantitative estimate of drug-likeness (QED) is 0.829. The Bertz CT molecular complexity index is 435. The molecule has 1 heterocycles. The second-order valence-electron chi connectivity index (χ2n) is 5.47. The Kier molecular flexibility index (Phi) is 2.94. The smallest absolute Gasteiger partial charge is 0.129 e. The minimum atomic E-state index is -0.405. The van der Waals surface area contributed by atoms with Crippen molar-refractivity contribution in [2.45, 2.75) is 50.2 Å². The second-order valence-corrected chi connectivity index (χ2v) is 5.47. The summed E-state index contributed by atoms with van der Waals surface area (Å²) >= 11 is 0. The van der Waals surface area contributed by atoms with Gasteiger partial charge < -0.3 is 14.6 Å². The van der Waals surface area contributed by atoms with Crippen LogP contribution in [-0.4, -0.2) is 17.8 Å². The molecule has 98 valence electrons. The molecule has 1 spiro atoms. The lowest BCUT2D eigenvalue weighted by molar-refractivity contribution is -0.0382. The molecule has 1 aliphatic heterocycles. The van der Waals surface area contributed by atoms with Gasteiger partial charge in [-0.15, -0.1) is 0 Å². The summed E-state index contributed by atoms with van der Waals surface area (Å²) in [6.07, 6.45) is 6.12. The van der Waals surface area contributed by atoms with Crippen molar-refractivity contribution in [2.75, 3.05) is 7.11 Å². The van der Waals surface area contributed by atoms with E-state index in [1.165, 1.54) is 19.3 Å². The second kappa shape index (κ2) is 4.47. The minimum Gasteiger partial charge on any atom is -0.497 e. The fraction of sp³-hybridized carbons (Fsp3) is 0.600. The normalized spacial score (nSPS) is 25.3. The van der Waals surface area contributed by atoms with E-state index in [0.29, 0.717) is 0 Å². The fourth-order valence-electron chi connectivity index (χ4n) is 3.24. The topological polar surface area (TPSA) is 38.7 Å². The maximum Gasteiger partial charge on any atom is 0.129 e. The monoisotopic (exact) mass is 248 g/mol. The largest absolute Gasteiger partial charge is 0.497 e. The highest BCUT2D eigenvalue weighted by Gasteiger charge is 2.41. The Morgan fingerprint density at radius 3 is 2.78 bits per heavy atom. The lowest BCUT2D eigenvalue weighted by Crippen LogP contribution is -2.42. The Balaban J connectivity index is 1.94. The lowest BCUT2D eigenvalue weighted by atomic mass is 9.78. The maximum absolute atomic E-state index is 10.3. The number of ether oxygens (including phenoxy) is 2. The summed E-state index contributed by atoms with van der Waals surface area (Å²) < 4.78 is 11.5. The molecule has 3 rings (SSSR count). The Hall–Kier alpha value is -1.22. The number of aliphatic hydroxyl groups is 1. The Labute approximate surface area is 108 Å². The van der Waals surface area contributed by atoms with Crippen LogP contribution in [0.1, 0.15) is 50.2 Å². The molecule has 3 heteroatoms. The predicted molar refractivity (Wildman–Crippen MR) is 69.0 cm³/mol. The predicted octanol–water partition coefficient (Wildman–Crippen LogP) is 3.21. The van der Waals surface area contributed by atoms with Crippen LogP contribution in [0.2, 0.25) is 0 Å². The fourth-order valence-corrected chi connectivity index (χ4v) is 3.24. The van der Waals surface area contributed by atoms with Crippen molar-refractivity contribution in [1.29, 1.82) is 0 Å². The zero-order valence-electron chi connectivity index (χ0n) is 10.8. The third-order valence-electron chi connectivity index (χ3n) is 4.24. The maximum atomic E-state index is 10.3. The summed E-state index contributed by atoms with van der Waals surface area (Å²) in [7, 11) is 1.65. The SMILES string of the molecule is COc1ccc2c(c1)OC1(CCCCC1)CC2O. The molecule has 1 saturated carbocycles. The van der Waals surface area contributed by atoms with Gasteiger partial charge in [0, 0.05) is 18.1 Å². The van der Waals surface area contributed by atoms with Gasteiger partial charge in [-0.3, -0.25) is 0 Å². The molecule has 0 radical (unpaired) electrons. The molecule has 0 amide bonds. The van der Waals surface area contributed by atoms with E-state index in [2.05, 4.69) is 0 Å². The van der Waals surface area contributed by atoms with E-state index < -0.39 is 6.10 Å². The van der Waals surface area contributed by atoms with Gasteiger partial charge >= 0.3 is 0 Å². The molecule has 0 bridgehead atoms. The molecule has 1 atom stereocenters. The van der Waals surface area contributed by atoms with Gasteiger partial charge in [-0.25, -0.2) is 0 Å². The number of methoxy groups -OCH3 is 1. The third kappa shape index (κ3) is 1.97. The third-order valence-corrected chi connectivity index (χ3v) is 4.24. The first-order chi connectivity index (χ1) is 8.72. The van der Waals surface area contributed by atoms with E-state index in [9.17, 15) is 5.11 Å². The summed E-state index contributed by atoms with van der Waals surface area (Å²) in [6.45, 7) is 0. The first kappa shape index (κ1) is 11.8. The summed E-state index contributed by atoms with van der Waals surface area (Å²) in [5.41, 5.74) is 0.754. The summed E-state index contributed by atoms with van der Waals surface area (Å²) in [4.78, 5) is 0. The summed E-state index contributed by atoms with van der Waals surface area (Å²) in [5, 5.41) is 10.3. The van der Waals surface area contributed by atoms with Gasteiger partial charge in [-0.2, -0.15) is 0 Å². The van der Waals surface area contributed by atoms with Gasteiger partial charge in [0.25, 0.3) is 0 Å². The highest BCUT2D eigenvalue weighted by molar-refractivity contribution is 5.44. The van der Waals surface area contributed by atoms with E-state index in [1.807, 2.05) is 18.2 Å². The van der Waals surface area contributed by atoms with Crippen LogP contribution in [0, 0.1) is 0 Å². The van der Waals surface area contributed by atoms with E-state index in [4.69, 9.17) is 9.47 Å². The molecule has 1 N–H and O–H groups in total. The zero-order valence-corrected chi connectivity index (χ0v) is 10.8. The molecule has 1 fully saturated rings. The Morgan fingerprint density at radius 2 is 2.06 bits per heavy atom.